The van der Waals surface area contributed by atoms with Crippen molar-refractivity contribution in [1.29, 1.82) is 5.26 Å². The number of hydrogen-bond donors (Lipinski definition) is 1. The van der Waals surface area contributed by atoms with Crippen LogP contribution in [-0.2, 0) is 9.53 Å². The minimum atomic E-state index is -0.226. The van der Waals surface area contributed by atoms with Crippen molar-refractivity contribution in [3.05, 3.63) is 28.8 Å². The van der Waals surface area contributed by atoms with Crippen molar-refractivity contribution in [2.75, 3.05) is 31.6 Å². The number of ether oxygens (including phenoxy) is 1. The van der Waals surface area contributed by atoms with Crippen molar-refractivity contribution in [3.8, 4) is 6.07 Å². The van der Waals surface area contributed by atoms with Crippen LogP contribution in [0.3, 0.4) is 0 Å². The molecule has 0 aliphatic carbocycles. The van der Waals surface area contributed by atoms with Crippen molar-refractivity contribution in [2.24, 2.45) is 0 Å². The van der Waals surface area contributed by atoms with Gasteiger partial charge in [-0.3, -0.25) is 9.69 Å². The lowest BCUT2D eigenvalue weighted by Gasteiger charge is -2.37. The van der Waals surface area contributed by atoms with Gasteiger partial charge in [0, 0.05) is 18.8 Å². The topological polar surface area (TPSA) is 65.4 Å². The van der Waals surface area contributed by atoms with Gasteiger partial charge in [0.15, 0.2) is 0 Å². The van der Waals surface area contributed by atoms with E-state index in [-0.39, 0.29) is 11.5 Å². The summed E-state index contributed by atoms with van der Waals surface area (Å²) in [4.78, 5) is 14.1. The average molecular weight is 308 g/mol. The summed E-state index contributed by atoms with van der Waals surface area (Å²) in [5, 5.41) is 11.9. The molecule has 1 fully saturated rings. The van der Waals surface area contributed by atoms with Gasteiger partial charge in [-0.1, -0.05) is 11.6 Å². The molecule has 0 aromatic heterocycles. The quantitative estimate of drug-likeness (QED) is 0.930. The van der Waals surface area contributed by atoms with Crippen LogP contribution in [0.5, 0.6) is 0 Å². The molecule has 1 amide bonds. The first kappa shape index (κ1) is 15.8. The van der Waals surface area contributed by atoms with Gasteiger partial charge in [0.2, 0.25) is 5.91 Å². The number of halogens is 1. The van der Waals surface area contributed by atoms with Gasteiger partial charge in [-0.15, -0.1) is 0 Å². The second-order valence-corrected chi connectivity index (χ2v) is 6.08. The zero-order chi connectivity index (χ0) is 15.5. The zero-order valence-corrected chi connectivity index (χ0v) is 12.9. The zero-order valence-electron chi connectivity index (χ0n) is 12.1. The molecule has 0 unspecified atom stereocenters. The maximum Gasteiger partial charge on any atom is 0.238 e. The molecule has 1 saturated heterocycles. The van der Waals surface area contributed by atoms with E-state index in [1.807, 2.05) is 19.9 Å². The molecule has 1 aliphatic rings. The van der Waals surface area contributed by atoms with Gasteiger partial charge in [-0.05, 0) is 32.0 Å². The highest BCUT2D eigenvalue weighted by Crippen LogP contribution is 2.20. The summed E-state index contributed by atoms with van der Waals surface area (Å²) in [5.41, 5.74) is 0.761. The molecule has 2 rings (SSSR count). The minimum Gasteiger partial charge on any atom is -0.373 e. The maximum absolute atomic E-state index is 12.1. The van der Waals surface area contributed by atoms with Gasteiger partial charge in [-0.2, -0.15) is 5.26 Å². The van der Waals surface area contributed by atoms with E-state index >= 15 is 0 Å². The number of morpholine rings is 1. The Morgan fingerprint density at radius 3 is 2.95 bits per heavy atom. The first-order valence-corrected chi connectivity index (χ1v) is 7.13. The maximum atomic E-state index is 12.1. The third kappa shape index (κ3) is 4.43. The lowest BCUT2D eigenvalue weighted by Crippen LogP contribution is -2.50. The van der Waals surface area contributed by atoms with Gasteiger partial charge in [0.1, 0.15) is 6.07 Å². The van der Waals surface area contributed by atoms with Crippen LogP contribution in [0.1, 0.15) is 19.4 Å². The molecule has 0 bridgehead atoms. The SMILES string of the molecule is CC1(C)CN(CC(=O)Nc2ccc(C#N)c(Cl)c2)CCO1. The molecule has 0 atom stereocenters. The van der Waals surface area contributed by atoms with Crippen LogP contribution in [0.2, 0.25) is 5.02 Å². The summed E-state index contributed by atoms with van der Waals surface area (Å²) in [5.74, 6) is -0.103. The Balaban J connectivity index is 1.93. The van der Waals surface area contributed by atoms with Crippen LogP contribution < -0.4 is 5.32 Å². The molecule has 1 aromatic carbocycles. The summed E-state index contributed by atoms with van der Waals surface area (Å²) < 4.78 is 5.62. The van der Waals surface area contributed by atoms with E-state index in [0.717, 1.165) is 6.54 Å². The molecular formula is C15H18ClN3O2. The fourth-order valence-corrected chi connectivity index (χ4v) is 2.56. The van der Waals surface area contributed by atoms with Crippen LogP contribution in [0.4, 0.5) is 5.69 Å². The number of nitrogens with zero attached hydrogens (tertiary/aromatic N) is 2. The molecule has 1 N–H and O–H groups in total. The second kappa shape index (κ2) is 6.44. The molecule has 1 aliphatic heterocycles. The van der Waals surface area contributed by atoms with Crippen molar-refractivity contribution >= 4 is 23.2 Å². The third-order valence-electron chi connectivity index (χ3n) is 3.25. The Labute approximate surface area is 129 Å². The summed E-state index contributed by atoms with van der Waals surface area (Å²) in [7, 11) is 0. The van der Waals surface area contributed by atoms with E-state index in [4.69, 9.17) is 21.6 Å². The Morgan fingerprint density at radius 2 is 2.33 bits per heavy atom. The van der Waals surface area contributed by atoms with Crippen molar-refractivity contribution in [1.82, 2.24) is 4.90 Å². The molecular weight excluding hydrogens is 290 g/mol. The second-order valence-electron chi connectivity index (χ2n) is 5.67. The predicted octanol–water partition coefficient (Wildman–Crippen LogP) is 2.26. The molecule has 0 spiro atoms. The number of nitriles is 1. The van der Waals surface area contributed by atoms with Crippen LogP contribution in [0.15, 0.2) is 18.2 Å². The van der Waals surface area contributed by atoms with Crippen LogP contribution in [0, 0.1) is 11.3 Å². The number of benzene rings is 1. The third-order valence-corrected chi connectivity index (χ3v) is 3.56. The summed E-state index contributed by atoms with van der Waals surface area (Å²) in [6.07, 6.45) is 0. The highest BCUT2D eigenvalue weighted by molar-refractivity contribution is 6.32. The summed E-state index contributed by atoms with van der Waals surface area (Å²) >= 11 is 5.94. The van der Waals surface area contributed by atoms with Gasteiger partial charge in [-0.25, -0.2) is 0 Å². The van der Waals surface area contributed by atoms with Crippen molar-refractivity contribution < 1.29 is 9.53 Å². The Morgan fingerprint density at radius 1 is 1.57 bits per heavy atom. The van der Waals surface area contributed by atoms with Gasteiger partial charge in [0.05, 0.1) is 29.3 Å². The van der Waals surface area contributed by atoms with Crippen LogP contribution >= 0.6 is 11.6 Å². The predicted molar refractivity (Wildman–Crippen MR) is 81.3 cm³/mol. The van der Waals surface area contributed by atoms with Crippen LogP contribution in [-0.4, -0.2) is 42.6 Å². The van der Waals surface area contributed by atoms with Crippen molar-refractivity contribution in [2.45, 2.75) is 19.4 Å². The molecule has 6 heteroatoms. The lowest BCUT2D eigenvalue weighted by molar-refractivity contribution is -0.122. The number of hydrogen-bond acceptors (Lipinski definition) is 4. The minimum absolute atomic E-state index is 0.103. The molecule has 112 valence electrons. The van der Waals surface area contributed by atoms with E-state index < -0.39 is 0 Å². The molecule has 0 saturated carbocycles. The molecule has 5 nitrogen and oxygen atoms in total. The number of carbonyl (C=O) groups is 1. The molecule has 21 heavy (non-hydrogen) atoms. The van der Waals surface area contributed by atoms with E-state index in [0.29, 0.717) is 36.0 Å². The summed E-state index contributed by atoms with van der Waals surface area (Å²) in [6.45, 7) is 6.42. The largest absolute Gasteiger partial charge is 0.373 e. The fraction of sp³-hybridized carbons (Fsp3) is 0.467. The monoisotopic (exact) mass is 307 g/mol. The number of amides is 1. The lowest BCUT2D eigenvalue weighted by atomic mass is 10.1. The average Bonchev–Trinajstić information content (AvgIpc) is 2.37. The van der Waals surface area contributed by atoms with Crippen LogP contribution in [0.25, 0.3) is 0 Å². The highest BCUT2D eigenvalue weighted by atomic mass is 35.5. The first-order chi connectivity index (χ1) is 9.89. The van der Waals surface area contributed by atoms with E-state index in [9.17, 15) is 4.79 Å². The van der Waals surface area contributed by atoms with Gasteiger partial charge < -0.3 is 10.1 Å². The van der Waals surface area contributed by atoms with Crippen molar-refractivity contribution in [3.63, 3.8) is 0 Å². The first-order valence-electron chi connectivity index (χ1n) is 6.75. The standard InChI is InChI=1S/C15H18ClN3O2/c1-15(2)10-19(5-6-21-15)9-14(20)18-12-4-3-11(8-17)13(16)7-12/h3-4,7H,5-6,9-10H2,1-2H3,(H,18,20). The number of anilines is 1. The number of carbonyl (C=O) groups excluding carboxylic acids is 1. The fourth-order valence-electron chi connectivity index (χ4n) is 2.34. The Kier molecular flexibility index (Phi) is 4.84. The summed E-state index contributed by atoms with van der Waals surface area (Å²) in [6, 6.07) is 6.83. The van der Waals surface area contributed by atoms with E-state index in [2.05, 4.69) is 10.2 Å². The molecule has 0 radical (unpaired) electrons. The van der Waals surface area contributed by atoms with E-state index in [1.54, 1.807) is 18.2 Å². The Bertz CT molecular complexity index is 581. The highest BCUT2D eigenvalue weighted by Gasteiger charge is 2.28. The smallest absolute Gasteiger partial charge is 0.238 e. The number of nitrogens with one attached hydrogen (secondary N) is 1. The number of rotatable bonds is 3. The van der Waals surface area contributed by atoms with E-state index in [1.165, 1.54) is 0 Å². The Hall–Kier alpha value is -1.61. The normalized spacial score (nSPS) is 18.0. The van der Waals surface area contributed by atoms with Gasteiger partial charge >= 0.3 is 0 Å². The van der Waals surface area contributed by atoms with Gasteiger partial charge in [0.25, 0.3) is 0 Å². The molecule has 1 aromatic rings. The molecule has 1 heterocycles.